The molecule has 3 aromatic rings. The number of halogens is 4. The number of aromatic nitrogens is 3. The average molecular weight is 437 g/mol. The zero-order valence-electron chi connectivity index (χ0n) is 16.3. The van der Waals surface area contributed by atoms with Gasteiger partial charge in [0.25, 0.3) is 5.91 Å². The molecule has 0 atom stereocenters. The van der Waals surface area contributed by atoms with Crippen LogP contribution in [0.25, 0.3) is 16.9 Å². The van der Waals surface area contributed by atoms with Crippen molar-refractivity contribution in [3.8, 4) is 11.3 Å². The molecule has 0 aliphatic carbocycles. The summed E-state index contributed by atoms with van der Waals surface area (Å²) in [4.78, 5) is 18.9. The van der Waals surface area contributed by atoms with E-state index in [2.05, 4.69) is 10.1 Å². The minimum atomic E-state index is -4.70. The van der Waals surface area contributed by atoms with E-state index in [1.54, 1.807) is 29.2 Å². The van der Waals surface area contributed by atoms with Crippen LogP contribution in [-0.4, -0.2) is 38.5 Å². The van der Waals surface area contributed by atoms with Gasteiger partial charge >= 0.3 is 6.18 Å². The third-order valence-corrected chi connectivity index (χ3v) is 5.61. The molecule has 3 heterocycles. The molecular weight excluding hydrogens is 417 g/mol. The fourth-order valence-corrected chi connectivity index (χ4v) is 3.87. The predicted octanol–water partition coefficient (Wildman–Crippen LogP) is 5.39. The molecule has 30 heavy (non-hydrogen) atoms. The fourth-order valence-electron chi connectivity index (χ4n) is 3.63. The van der Waals surface area contributed by atoms with Crippen molar-refractivity contribution in [1.29, 1.82) is 0 Å². The maximum atomic E-state index is 13.8. The Morgan fingerprint density at radius 1 is 1.07 bits per heavy atom. The number of likely N-dealkylation sites (tertiary alicyclic amines) is 1. The van der Waals surface area contributed by atoms with Gasteiger partial charge < -0.3 is 4.90 Å². The first-order valence-corrected chi connectivity index (χ1v) is 10.2. The van der Waals surface area contributed by atoms with Crippen molar-refractivity contribution in [2.45, 2.75) is 38.8 Å². The van der Waals surface area contributed by atoms with Crippen molar-refractivity contribution in [3.05, 3.63) is 52.3 Å². The van der Waals surface area contributed by atoms with E-state index in [0.717, 1.165) is 37.3 Å². The van der Waals surface area contributed by atoms with Gasteiger partial charge in [0, 0.05) is 18.7 Å². The second kappa shape index (κ2) is 7.91. The number of hydrogen-bond donors (Lipinski definition) is 0. The van der Waals surface area contributed by atoms with Gasteiger partial charge in [-0.25, -0.2) is 9.50 Å². The predicted molar refractivity (Wildman–Crippen MR) is 108 cm³/mol. The van der Waals surface area contributed by atoms with Crippen LogP contribution in [0.3, 0.4) is 0 Å². The quantitative estimate of drug-likeness (QED) is 0.541. The minimum absolute atomic E-state index is 0.116. The van der Waals surface area contributed by atoms with Crippen LogP contribution >= 0.6 is 11.6 Å². The average Bonchev–Trinajstić information content (AvgIpc) is 2.88. The van der Waals surface area contributed by atoms with Gasteiger partial charge in [-0.3, -0.25) is 4.79 Å². The molecule has 0 radical (unpaired) electrons. The lowest BCUT2D eigenvalue weighted by Crippen LogP contribution is -2.32. The summed E-state index contributed by atoms with van der Waals surface area (Å²) in [6.07, 6.45) is -0.968. The Kier molecular flexibility index (Phi) is 5.44. The number of alkyl halides is 3. The highest BCUT2D eigenvalue weighted by Gasteiger charge is 2.37. The van der Waals surface area contributed by atoms with Gasteiger partial charge in [0.05, 0.1) is 5.69 Å². The first-order valence-electron chi connectivity index (χ1n) is 9.78. The summed E-state index contributed by atoms with van der Waals surface area (Å²) in [7, 11) is 0. The summed E-state index contributed by atoms with van der Waals surface area (Å²) < 4.78 is 42.0. The van der Waals surface area contributed by atoms with E-state index in [9.17, 15) is 18.0 Å². The number of amides is 1. The highest BCUT2D eigenvalue weighted by molar-refractivity contribution is 6.36. The summed E-state index contributed by atoms with van der Waals surface area (Å²) >= 11 is 6.36. The minimum Gasteiger partial charge on any atom is -0.337 e. The smallest absolute Gasteiger partial charge is 0.337 e. The lowest BCUT2D eigenvalue weighted by molar-refractivity contribution is -0.142. The normalized spacial score (nSPS) is 15.4. The van der Waals surface area contributed by atoms with Crippen molar-refractivity contribution in [1.82, 2.24) is 19.5 Å². The third-order valence-electron chi connectivity index (χ3n) is 5.27. The van der Waals surface area contributed by atoms with Crippen molar-refractivity contribution in [2.75, 3.05) is 13.1 Å². The molecule has 2 aromatic heterocycles. The molecule has 1 aliphatic heterocycles. The molecule has 0 bridgehead atoms. The molecule has 0 spiro atoms. The van der Waals surface area contributed by atoms with E-state index < -0.39 is 17.8 Å². The lowest BCUT2D eigenvalue weighted by Gasteiger charge is -2.18. The lowest BCUT2D eigenvalue weighted by atomic mass is 10.1. The topological polar surface area (TPSA) is 50.5 Å². The van der Waals surface area contributed by atoms with Crippen molar-refractivity contribution < 1.29 is 18.0 Å². The summed E-state index contributed by atoms with van der Waals surface area (Å²) in [5, 5.41) is 3.78. The monoisotopic (exact) mass is 436 g/mol. The largest absolute Gasteiger partial charge is 0.433 e. The van der Waals surface area contributed by atoms with Crippen LogP contribution < -0.4 is 0 Å². The van der Waals surface area contributed by atoms with Gasteiger partial charge in [0.1, 0.15) is 5.02 Å². The van der Waals surface area contributed by atoms with Gasteiger partial charge in [0.15, 0.2) is 17.0 Å². The third kappa shape index (κ3) is 3.88. The van der Waals surface area contributed by atoms with Crippen LogP contribution in [0, 0.1) is 6.92 Å². The highest BCUT2D eigenvalue weighted by atomic mass is 35.5. The van der Waals surface area contributed by atoms with Gasteiger partial charge in [0.2, 0.25) is 0 Å². The van der Waals surface area contributed by atoms with E-state index in [4.69, 9.17) is 11.6 Å². The molecule has 1 amide bonds. The summed E-state index contributed by atoms with van der Waals surface area (Å²) in [5.41, 5.74) is 0.206. The van der Waals surface area contributed by atoms with E-state index >= 15 is 0 Å². The number of fused-ring (bicyclic) bond motifs is 1. The SMILES string of the molecule is Cc1ccc(-c2cc(C(F)(F)F)n3nc(C(=O)N4CCCCCC4)c(Cl)c3n2)cc1. The Hall–Kier alpha value is -2.61. The van der Waals surface area contributed by atoms with E-state index in [-0.39, 0.29) is 22.1 Å². The number of carbonyl (C=O) groups is 1. The molecule has 0 unspecified atom stereocenters. The first kappa shape index (κ1) is 20.7. The maximum absolute atomic E-state index is 13.8. The molecule has 1 aliphatic rings. The molecule has 0 saturated carbocycles. The Morgan fingerprint density at radius 2 is 1.70 bits per heavy atom. The number of rotatable bonds is 2. The van der Waals surface area contributed by atoms with Gasteiger partial charge in [-0.2, -0.15) is 18.3 Å². The maximum Gasteiger partial charge on any atom is 0.433 e. The Bertz CT molecular complexity index is 1080. The molecule has 0 N–H and O–H groups in total. The molecule has 1 fully saturated rings. The highest BCUT2D eigenvalue weighted by Crippen LogP contribution is 2.35. The fraction of sp³-hybridized carbons (Fsp3) is 0.381. The van der Waals surface area contributed by atoms with E-state index in [1.165, 1.54) is 0 Å². The van der Waals surface area contributed by atoms with Gasteiger partial charge in [-0.15, -0.1) is 0 Å². The zero-order chi connectivity index (χ0) is 21.5. The van der Waals surface area contributed by atoms with Crippen LogP contribution in [0.2, 0.25) is 5.02 Å². The molecule has 1 aromatic carbocycles. The van der Waals surface area contributed by atoms with Crippen LogP contribution in [0.1, 0.15) is 47.4 Å². The van der Waals surface area contributed by atoms with E-state index in [0.29, 0.717) is 23.2 Å². The van der Waals surface area contributed by atoms with Crippen molar-refractivity contribution >= 4 is 23.2 Å². The number of benzene rings is 1. The molecule has 9 heteroatoms. The van der Waals surface area contributed by atoms with Crippen molar-refractivity contribution in [3.63, 3.8) is 0 Å². The van der Waals surface area contributed by atoms with Gasteiger partial charge in [-0.05, 0) is 25.8 Å². The summed E-state index contributed by atoms with van der Waals surface area (Å²) in [5.74, 6) is -0.461. The second-order valence-corrected chi connectivity index (χ2v) is 7.87. The molecule has 4 rings (SSSR count). The summed E-state index contributed by atoms with van der Waals surface area (Å²) in [6, 6.07) is 7.91. The van der Waals surface area contributed by atoms with Crippen LogP contribution in [-0.2, 0) is 6.18 Å². The van der Waals surface area contributed by atoms with Crippen LogP contribution in [0.15, 0.2) is 30.3 Å². The Morgan fingerprint density at radius 3 is 2.30 bits per heavy atom. The van der Waals surface area contributed by atoms with Crippen LogP contribution in [0.4, 0.5) is 13.2 Å². The number of hydrogen-bond acceptors (Lipinski definition) is 3. The van der Waals surface area contributed by atoms with Gasteiger partial charge in [-0.1, -0.05) is 54.3 Å². The molecular formula is C21H20ClF3N4O. The van der Waals surface area contributed by atoms with E-state index in [1.807, 2.05) is 6.92 Å². The van der Waals surface area contributed by atoms with Crippen LogP contribution in [0.5, 0.6) is 0 Å². The molecule has 158 valence electrons. The molecule has 1 saturated heterocycles. The first-order chi connectivity index (χ1) is 14.3. The second-order valence-electron chi connectivity index (χ2n) is 7.49. The summed E-state index contributed by atoms with van der Waals surface area (Å²) in [6.45, 7) is 2.96. The standard InChI is InChI=1S/C21H20ClF3N4O/c1-13-6-8-14(9-7-13)15-12-16(21(23,24)25)29-19(26-15)17(22)18(27-29)20(30)28-10-4-2-3-5-11-28/h6-9,12H,2-5,10-11H2,1H3. The zero-order valence-corrected chi connectivity index (χ0v) is 17.1. The Labute approximate surface area is 176 Å². The number of nitrogens with zero attached hydrogens (tertiary/aromatic N) is 4. The Balaban J connectivity index is 1.86. The molecule has 5 nitrogen and oxygen atoms in total. The van der Waals surface area contributed by atoms with Crippen molar-refractivity contribution in [2.24, 2.45) is 0 Å². The number of carbonyl (C=O) groups excluding carboxylic acids is 1. The number of aryl methyl sites for hydroxylation is 1.